The van der Waals surface area contributed by atoms with Crippen LogP contribution in [-0.4, -0.2) is 62.3 Å². The van der Waals surface area contributed by atoms with Gasteiger partial charge < -0.3 is 19.9 Å². The van der Waals surface area contributed by atoms with Crippen LogP contribution in [0.2, 0.25) is 0 Å². The molecule has 0 radical (unpaired) electrons. The zero-order chi connectivity index (χ0) is 30.2. The number of pyridine rings is 1. The van der Waals surface area contributed by atoms with E-state index in [1.54, 1.807) is 13.0 Å². The zero-order valence-electron chi connectivity index (χ0n) is 24.4. The largest absolute Gasteiger partial charge is 0.444 e. The Hall–Kier alpha value is -3.83. The number of nitrogens with zero attached hydrogens (tertiary/aromatic N) is 5. The van der Waals surface area contributed by atoms with E-state index in [0.717, 1.165) is 38.2 Å². The number of likely N-dealkylation sites (tertiary alicyclic amines) is 1. The summed E-state index contributed by atoms with van der Waals surface area (Å²) >= 11 is 0. The van der Waals surface area contributed by atoms with E-state index in [1.807, 2.05) is 25.7 Å². The number of benzene rings is 1. The van der Waals surface area contributed by atoms with Crippen LogP contribution in [0.5, 0.6) is 0 Å². The summed E-state index contributed by atoms with van der Waals surface area (Å²) in [7, 11) is 0. The van der Waals surface area contributed by atoms with Gasteiger partial charge in [-0.25, -0.2) is 27.5 Å². The third-order valence-corrected chi connectivity index (χ3v) is 8.22. The number of halogens is 3. The third kappa shape index (κ3) is 5.89. The first-order chi connectivity index (χ1) is 19.9. The molecule has 0 saturated carbocycles. The van der Waals surface area contributed by atoms with Gasteiger partial charge in [-0.3, -0.25) is 4.79 Å². The molecule has 2 aromatic heterocycles. The first-order valence-electron chi connectivity index (χ1n) is 14.3. The molecule has 1 atom stereocenters. The van der Waals surface area contributed by atoms with Crippen molar-refractivity contribution in [2.75, 3.05) is 24.5 Å². The lowest BCUT2D eigenvalue weighted by Crippen LogP contribution is -2.60. The summed E-state index contributed by atoms with van der Waals surface area (Å²) in [5.74, 6) is -1.53. The summed E-state index contributed by atoms with van der Waals surface area (Å²) in [6.07, 6.45) is 4.07. The van der Waals surface area contributed by atoms with Gasteiger partial charge in [0.05, 0.1) is 22.9 Å². The number of aromatic nitrogens is 3. The number of rotatable bonds is 5. The predicted octanol–water partition coefficient (Wildman–Crippen LogP) is 6.06. The standard InChI is InChI=1S/C30H37F3N6O3/c1-19(21-8-7-9-22(24(21)31)25(32)33)36-27(40)20-16-23(26-34-18-35-39(26)17-20)37-14-11-30(12-15-37)10-5-6-13-38(30)28(41)42-29(2,3)4/h7-9,16-19,25H,5-6,10-15H2,1-4H3,(H,36,40)/t19-/m1/s1. The fraction of sp³-hybridized carbons (Fsp3) is 0.533. The van der Waals surface area contributed by atoms with E-state index < -0.39 is 35.4 Å². The van der Waals surface area contributed by atoms with Gasteiger partial charge in [-0.1, -0.05) is 18.2 Å². The van der Waals surface area contributed by atoms with E-state index in [4.69, 9.17) is 4.74 Å². The van der Waals surface area contributed by atoms with E-state index in [2.05, 4.69) is 20.3 Å². The Balaban J connectivity index is 1.35. The van der Waals surface area contributed by atoms with Crippen molar-refractivity contribution in [1.82, 2.24) is 24.8 Å². The summed E-state index contributed by atoms with van der Waals surface area (Å²) in [6.45, 7) is 9.09. The maximum atomic E-state index is 14.7. The van der Waals surface area contributed by atoms with Crippen molar-refractivity contribution in [2.24, 2.45) is 0 Å². The number of fused-ring (bicyclic) bond motifs is 1. The molecule has 4 heterocycles. The smallest absolute Gasteiger partial charge is 0.410 e. The van der Waals surface area contributed by atoms with E-state index in [9.17, 15) is 22.8 Å². The molecule has 226 valence electrons. The normalized spacial score (nSPS) is 18.0. The Morgan fingerprint density at radius 3 is 2.48 bits per heavy atom. The maximum Gasteiger partial charge on any atom is 0.410 e. The number of hydrogen-bond donors (Lipinski definition) is 1. The van der Waals surface area contributed by atoms with Gasteiger partial charge >= 0.3 is 6.09 Å². The maximum absolute atomic E-state index is 14.7. The average Bonchev–Trinajstić information content (AvgIpc) is 3.41. The highest BCUT2D eigenvalue weighted by atomic mass is 19.3. The molecule has 2 fully saturated rings. The fourth-order valence-electron chi connectivity index (χ4n) is 6.08. The number of carbonyl (C=O) groups is 2. The lowest BCUT2D eigenvalue weighted by atomic mass is 9.78. The number of hydrogen-bond acceptors (Lipinski definition) is 6. The van der Waals surface area contributed by atoms with E-state index in [-0.39, 0.29) is 22.8 Å². The van der Waals surface area contributed by atoms with Crippen LogP contribution in [0, 0.1) is 5.82 Å². The van der Waals surface area contributed by atoms with Crippen molar-refractivity contribution >= 4 is 23.3 Å². The minimum atomic E-state index is -2.96. The van der Waals surface area contributed by atoms with Crippen LogP contribution in [0.15, 0.2) is 36.8 Å². The molecule has 0 unspecified atom stereocenters. The Morgan fingerprint density at radius 1 is 1.07 bits per heavy atom. The Morgan fingerprint density at radius 2 is 1.79 bits per heavy atom. The van der Waals surface area contributed by atoms with Crippen molar-refractivity contribution < 1.29 is 27.5 Å². The third-order valence-electron chi connectivity index (χ3n) is 8.22. The molecule has 2 aliphatic rings. The second-order valence-electron chi connectivity index (χ2n) is 12.2. The Bertz CT molecular complexity index is 1460. The van der Waals surface area contributed by atoms with Crippen molar-refractivity contribution in [3.8, 4) is 0 Å². The minimum Gasteiger partial charge on any atom is -0.444 e. The highest BCUT2D eigenvalue weighted by Gasteiger charge is 2.45. The van der Waals surface area contributed by atoms with E-state index in [0.29, 0.717) is 31.0 Å². The van der Waals surface area contributed by atoms with Crippen LogP contribution >= 0.6 is 0 Å². The minimum absolute atomic E-state index is 0.0217. The Labute approximate surface area is 243 Å². The number of carbonyl (C=O) groups excluding carboxylic acids is 2. The van der Waals surface area contributed by atoms with Crippen molar-refractivity contribution in [3.63, 3.8) is 0 Å². The van der Waals surface area contributed by atoms with Gasteiger partial charge in [-0.2, -0.15) is 5.10 Å². The second-order valence-corrected chi connectivity index (χ2v) is 12.2. The van der Waals surface area contributed by atoms with Crippen LogP contribution < -0.4 is 10.2 Å². The summed E-state index contributed by atoms with van der Waals surface area (Å²) < 4.78 is 48.4. The highest BCUT2D eigenvalue weighted by Crippen LogP contribution is 2.40. The predicted molar refractivity (Wildman–Crippen MR) is 151 cm³/mol. The lowest BCUT2D eigenvalue weighted by molar-refractivity contribution is -0.0232. The lowest BCUT2D eigenvalue weighted by Gasteiger charge is -2.51. The summed E-state index contributed by atoms with van der Waals surface area (Å²) in [5, 5.41) is 6.97. The number of amides is 2. The molecule has 0 bridgehead atoms. The molecule has 2 amide bonds. The van der Waals surface area contributed by atoms with Crippen molar-refractivity contribution in [1.29, 1.82) is 0 Å². The van der Waals surface area contributed by atoms with Crippen LogP contribution in [0.4, 0.5) is 23.7 Å². The first kappa shape index (κ1) is 29.7. The molecule has 5 rings (SSSR count). The first-order valence-corrected chi connectivity index (χ1v) is 14.3. The molecular weight excluding hydrogens is 549 g/mol. The average molecular weight is 587 g/mol. The molecule has 2 aliphatic heterocycles. The SMILES string of the molecule is C[C@@H](NC(=O)c1cc(N2CCC3(CCCCN3C(=O)OC(C)(C)C)CC2)c2ncnn2c1)c1cccc(C(F)F)c1F. The fourth-order valence-corrected chi connectivity index (χ4v) is 6.08. The topological polar surface area (TPSA) is 92.1 Å². The zero-order valence-corrected chi connectivity index (χ0v) is 24.4. The molecule has 2 saturated heterocycles. The van der Waals surface area contributed by atoms with Gasteiger partial charge in [0.2, 0.25) is 0 Å². The van der Waals surface area contributed by atoms with Gasteiger partial charge in [-0.05, 0) is 65.9 Å². The molecule has 3 aromatic rings. The van der Waals surface area contributed by atoms with Gasteiger partial charge in [0, 0.05) is 36.9 Å². The monoisotopic (exact) mass is 586 g/mol. The number of piperidine rings is 2. The number of nitrogens with one attached hydrogen (secondary N) is 1. The summed E-state index contributed by atoms with van der Waals surface area (Å²) in [6, 6.07) is 4.63. The Kier molecular flexibility index (Phi) is 8.08. The molecule has 0 aliphatic carbocycles. The molecular formula is C30H37F3N6O3. The quantitative estimate of drug-likeness (QED) is 0.391. The molecule has 1 spiro atoms. The number of alkyl halides is 2. The number of anilines is 1. The second kappa shape index (κ2) is 11.4. The number of ether oxygens (including phenoxy) is 1. The highest BCUT2D eigenvalue weighted by molar-refractivity contribution is 5.96. The van der Waals surface area contributed by atoms with Crippen molar-refractivity contribution in [3.05, 3.63) is 59.3 Å². The molecule has 12 heteroatoms. The van der Waals surface area contributed by atoms with Crippen molar-refractivity contribution in [2.45, 2.75) is 83.4 Å². The molecule has 9 nitrogen and oxygen atoms in total. The van der Waals surface area contributed by atoms with Crippen LogP contribution in [0.3, 0.4) is 0 Å². The summed E-state index contributed by atoms with van der Waals surface area (Å²) in [5.41, 5.74) is -0.0215. The van der Waals surface area contributed by atoms with E-state index >= 15 is 0 Å². The van der Waals surface area contributed by atoms with Gasteiger partial charge in [0.1, 0.15) is 17.7 Å². The van der Waals surface area contributed by atoms with Crippen LogP contribution in [0.25, 0.3) is 5.65 Å². The summed E-state index contributed by atoms with van der Waals surface area (Å²) in [4.78, 5) is 34.9. The molecule has 1 aromatic carbocycles. The van der Waals surface area contributed by atoms with E-state index in [1.165, 1.54) is 29.2 Å². The van der Waals surface area contributed by atoms with Gasteiger partial charge in [0.15, 0.2) is 5.65 Å². The van der Waals surface area contributed by atoms with Gasteiger partial charge in [-0.15, -0.1) is 0 Å². The molecule has 1 N–H and O–H groups in total. The van der Waals surface area contributed by atoms with Crippen LogP contribution in [-0.2, 0) is 4.74 Å². The van der Waals surface area contributed by atoms with Crippen LogP contribution in [0.1, 0.15) is 93.8 Å². The molecule has 42 heavy (non-hydrogen) atoms. The van der Waals surface area contributed by atoms with Gasteiger partial charge in [0.25, 0.3) is 12.3 Å².